The number of nitrogen functional groups attached to an aromatic ring is 1. The zero-order valence-electron chi connectivity index (χ0n) is 17.5. The SMILES string of the molecule is CCCCOc1nc(N)c2c(n1)C(Cc1cccc(CCN3CCCC3)c1)=CC2. The fraction of sp³-hybridized carbons (Fsp3) is 0.500. The number of benzene rings is 1. The van der Waals surface area contributed by atoms with E-state index in [9.17, 15) is 0 Å². The summed E-state index contributed by atoms with van der Waals surface area (Å²) in [5.41, 5.74) is 12.2. The number of rotatable bonds is 9. The van der Waals surface area contributed by atoms with Gasteiger partial charge in [-0.15, -0.1) is 0 Å². The summed E-state index contributed by atoms with van der Waals surface area (Å²) in [6.07, 6.45) is 9.81. The molecule has 5 nitrogen and oxygen atoms in total. The van der Waals surface area contributed by atoms with Crippen LogP contribution in [-0.4, -0.2) is 41.1 Å². The van der Waals surface area contributed by atoms with Gasteiger partial charge < -0.3 is 15.4 Å². The summed E-state index contributed by atoms with van der Waals surface area (Å²) in [6.45, 7) is 6.45. The molecular formula is C24H32N4O. The first-order chi connectivity index (χ1) is 14.2. The van der Waals surface area contributed by atoms with Gasteiger partial charge in [0, 0.05) is 12.1 Å². The third kappa shape index (κ3) is 4.96. The summed E-state index contributed by atoms with van der Waals surface area (Å²) in [7, 11) is 0. The highest BCUT2D eigenvalue weighted by Crippen LogP contribution is 2.32. The highest BCUT2D eigenvalue weighted by molar-refractivity contribution is 5.75. The van der Waals surface area contributed by atoms with Crippen molar-refractivity contribution < 1.29 is 4.74 Å². The van der Waals surface area contributed by atoms with E-state index in [0.717, 1.165) is 49.9 Å². The minimum absolute atomic E-state index is 0.405. The van der Waals surface area contributed by atoms with Gasteiger partial charge in [-0.1, -0.05) is 43.7 Å². The Labute approximate surface area is 174 Å². The molecule has 4 rings (SSSR count). The Bertz CT molecular complexity index is 871. The van der Waals surface area contributed by atoms with Crippen LogP contribution >= 0.6 is 0 Å². The average molecular weight is 393 g/mol. The lowest BCUT2D eigenvalue weighted by molar-refractivity contribution is 0.285. The smallest absolute Gasteiger partial charge is 0.318 e. The van der Waals surface area contributed by atoms with Crippen LogP contribution in [0.2, 0.25) is 0 Å². The molecule has 154 valence electrons. The quantitative estimate of drug-likeness (QED) is 0.652. The Morgan fingerprint density at radius 1 is 1.14 bits per heavy atom. The predicted octanol–water partition coefficient (Wildman–Crippen LogP) is 4.06. The van der Waals surface area contributed by atoms with Crippen molar-refractivity contribution in [3.05, 3.63) is 52.7 Å². The van der Waals surface area contributed by atoms with Gasteiger partial charge in [-0.05, 0) is 68.3 Å². The number of allylic oxidation sites excluding steroid dienone is 2. The number of hydrogen-bond acceptors (Lipinski definition) is 5. The van der Waals surface area contributed by atoms with Crippen LogP contribution in [0.4, 0.5) is 5.82 Å². The number of nitrogens with zero attached hydrogens (tertiary/aromatic N) is 3. The average Bonchev–Trinajstić information content (AvgIpc) is 3.38. The molecule has 0 radical (unpaired) electrons. The number of aromatic nitrogens is 2. The van der Waals surface area contributed by atoms with Crippen molar-refractivity contribution in [2.75, 3.05) is 32.0 Å². The largest absolute Gasteiger partial charge is 0.463 e. The number of fused-ring (bicyclic) bond motifs is 1. The third-order valence-electron chi connectivity index (χ3n) is 5.91. The minimum atomic E-state index is 0.405. The summed E-state index contributed by atoms with van der Waals surface area (Å²) < 4.78 is 5.72. The molecular weight excluding hydrogens is 360 g/mol. The topological polar surface area (TPSA) is 64.3 Å². The van der Waals surface area contributed by atoms with Crippen LogP contribution in [0.15, 0.2) is 30.3 Å². The van der Waals surface area contributed by atoms with E-state index in [1.54, 1.807) is 0 Å². The molecule has 0 saturated carbocycles. The first-order valence-corrected chi connectivity index (χ1v) is 11.0. The molecule has 0 spiro atoms. The lowest BCUT2D eigenvalue weighted by Crippen LogP contribution is -2.21. The Morgan fingerprint density at radius 3 is 2.79 bits per heavy atom. The minimum Gasteiger partial charge on any atom is -0.463 e. The summed E-state index contributed by atoms with van der Waals surface area (Å²) in [6, 6.07) is 9.39. The number of anilines is 1. The van der Waals surface area contributed by atoms with Crippen LogP contribution in [0.25, 0.3) is 5.57 Å². The highest BCUT2D eigenvalue weighted by Gasteiger charge is 2.21. The molecule has 0 amide bonds. The molecule has 0 atom stereocenters. The van der Waals surface area contributed by atoms with Crippen LogP contribution < -0.4 is 10.5 Å². The molecule has 5 heteroatoms. The van der Waals surface area contributed by atoms with Crippen molar-refractivity contribution >= 4 is 11.4 Å². The molecule has 1 fully saturated rings. The maximum absolute atomic E-state index is 6.19. The third-order valence-corrected chi connectivity index (χ3v) is 5.91. The lowest BCUT2D eigenvalue weighted by atomic mass is 10.0. The van der Waals surface area contributed by atoms with E-state index >= 15 is 0 Å². The maximum Gasteiger partial charge on any atom is 0.318 e. The standard InChI is InChI=1S/C24H32N4O/c1-2-3-15-29-24-26-22-20(9-10-21(22)23(25)27-24)17-19-8-6-7-18(16-19)11-14-28-12-4-5-13-28/h6-9,16H,2-5,10-15,17H2,1H3,(H2,25,26,27). The monoisotopic (exact) mass is 392 g/mol. The van der Waals surface area contributed by atoms with Crippen LogP contribution in [0.3, 0.4) is 0 Å². The Morgan fingerprint density at radius 2 is 1.97 bits per heavy atom. The van der Waals surface area contributed by atoms with Gasteiger partial charge >= 0.3 is 6.01 Å². The van der Waals surface area contributed by atoms with Gasteiger partial charge in [0.05, 0.1) is 12.3 Å². The van der Waals surface area contributed by atoms with Crippen molar-refractivity contribution in [2.45, 2.75) is 51.9 Å². The molecule has 1 aromatic heterocycles. The van der Waals surface area contributed by atoms with Crippen molar-refractivity contribution in [1.82, 2.24) is 14.9 Å². The second-order valence-corrected chi connectivity index (χ2v) is 8.15. The van der Waals surface area contributed by atoms with Crippen molar-refractivity contribution in [2.24, 2.45) is 0 Å². The van der Waals surface area contributed by atoms with E-state index in [1.165, 1.54) is 42.6 Å². The molecule has 2 aliphatic rings. The molecule has 0 bridgehead atoms. The first kappa shape index (κ1) is 19.9. The van der Waals surface area contributed by atoms with E-state index in [0.29, 0.717) is 18.4 Å². The molecule has 0 unspecified atom stereocenters. The van der Waals surface area contributed by atoms with Crippen LogP contribution in [0, 0.1) is 0 Å². The zero-order valence-corrected chi connectivity index (χ0v) is 17.5. The molecule has 29 heavy (non-hydrogen) atoms. The Balaban J connectivity index is 1.43. The molecule has 2 heterocycles. The van der Waals surface area contributed by atoms with Gasteiger partial charge in [0.2, 0.25) is 0 Å². The highest BCUT2D eigenvalue weighted by atomic mass is 16.5. The van der Waals surface area contributed by atoms with Crippen molar-refractivity contribution in [1.29, 1.82) is 0 Å². The number of unbranched alkanes of at least 4 members (excludes halogenated alkanes) is 1. The second-order valence-electron chi connectivity index (χ2n) is 8.15. The van der Waals surface area contributed by atoms with Crippen molar-refractivity contribution in [3.63, 3.8) is 0 Å². The molecule has 1 aliphatic heterocycles. The Hall–Kier alpha value is -2.40. The van der Waals surface area contributed by atoms with E-state index in [-0.39, 0.29) is 0 Å². The summed E-state index contributed by atoms with van der Waals surface area (Å²) in [5, 5.41) is 0. The van der Waals surface area contributed by atoms with E-state index in [2.05, 4.69) is 52.1 Å². The van der Waals surface area contributed by atoms with Gasteiger partial charge in [0.1, 0.15) is 5.82 Å². The lowest BCUT2D eigenvalue weighted by Gasteiger charge is -2.15. The van der Waals surface area contributed by atoms with Crippen LogP contribution in [0.5, 0.6) is 6.01 Å². The van der Waals surface area contributed by atoms with Gasteiger partial charge in [-0.2, -0.15) is 9.97 Å². The predicted molar refractivity (Wildman–Crippen MR) is 118 cm³/mol. The number of likely N-dealkylation sites (tertiary alicyclic amines) is 1. The fourth-order valence-electron chi connectivity index (χ4n) is 4.21. The molecule has 2 aromatic rings. The van der Waals surface area contributed by atoms with E-state index < -0.39 is 0 Å². The Kier molecular flexibility index (Phi) is 6.45. The molecule has 1 saturated heterocycles. The fourth-order valence-corrected chi connectivity index (χ4v) is 4.21. The molecule has 2 N–H and O–H groups in total. The normalized spacial score (nSPS) is 16.1. The zero-order chi connectivity index (χ0) is 20.1. The number of ether oxygens (including phenoxy) is 1. The first-order valence-electron chi connectivity index (χ1n) is 11.0. The number of nitrogens with two attached hydrogens (primary N) is 1. The summed E-state index contributed by atoms with van der Waals surface area (Å²) >= 11 is 0. The van der Waals surface area contributed by atoms with Crippen LogP contribution in [0.1, 0.15) is 55.0 Å². The maximum atomic E-state index is 6.19. The van der Waals surface area contributed by atoms with Gasteiger partial charge in [-0.25, -0.2) is 0 Å². The number of hydrogen-bond donors (Lipinski definition) is 1. The molecule has 1 aromatic carbocycles. The van der Waals surface area contributed by atoms with Gasteiger partial charge in [0.15, 0.2) is 0 Å². The van der Waals surface area contributed by atoms with Crippen LogP contribution in [-0.2, 0) is 19.3 Å². The summed E-state index contributed by atoms with van der Waals surface area (Å²) in [5.74, 6) is 0.548. The van der Waals surface area contributed by atoms with E-state index in [1.807, 2.05) is 0 Å². The van der Waals surface area contributed by atoms with E-state index in [4.69, 9.17) is 10.5 Å². The van der Waals surface area contributed by atoms with Crippen molar-refractivity contribution in [3.8, 4) is 6.01 Å². The molecule has 1 aliphatic carbocycles. The van der Waals surface area contributed by atoms with Gasteiger partial charge in [0.25, 0.3) is 0 Å². The second kappa shape index (κ2) is 9.40. The van der Waals surface area contributed by atoms with Gasteiger partial charge in [-0.3, -0.25) is 0 Å². The summed E-state index contributed by atoms with van der Waals surface area (Å²) in [4.78, 5) is 11.6.